The lowest BCUT2D eigenvalue weighted by Gasteiger charge is -2.20. The van der Waals surface area contributed by atoms with Crippen molar-refractivity contribution in [2.45, 2.75) is 18.7 Å². The van der Waals surface area contributed by atoms with Gasteiger partial charge in [0, 0.05) is 12.7 Å². The van der Waals surface area contributed by atoms with Gasteiger partial charge in [-0.05, 0) is 67.4 Å². The van der Waals surface area contributed by atoms with Crippen molar-refractivity contribution >= 4 is 38.9 Å². The predicted octanol–water partition coefficient (Wildman–Crippen LogP) is 5.03. The molecule has 0 spiro atoms. The van der Waals surface area contributed by atoms with E-state index in [0.29, 0.717) is 11.4 Å². The smallest absolute Gasteiger partial charge is 0.264 e. The van der Waals surface area contributed by atoms with Crippen molar-refractivity contribution in [3.8, 4) is 0 Å². The van der Waals surface area contributed by atoms with Gasteiger partial charge in [0.1, 0.15) is 0 Å². The first kappa shape index (κ1) is 20.9. The van der Waals surface area contributed by atoms with Crippen LogP contribution in [0.1, 0.15) is 21.5 Å². The quantitative estimate of drug-likeness (QED) is 0.619. The molecule has 0 bridgehead atoms. The number of nitrogens with zero attached hydrogens (tertiary/aromatic N) is 1. The molecule has 0 aliphatic rings. The fraction of sp³-hybridized carbons (Fsp3) is 0.136. The van der Waals surface area contributed by atoms with Crippen LogP contribution in [0.3, 0.4) is 0 Å². The second kappa shape index (κ2) is 8.27. The molecule has 3 aromatic carbocycles. The lowest BCUT2D eigenvalue weighted by Crippen LogP contribution is -2.27. The minimum atomic E-state index is -3.76. The number of anilines is 2. The first-order chi connectivity index (χ1) is 13.7. The van der Waals surface area contributed by atoms with Crippen molar-refractivity contribution in [2.24, 2.45) is 0 Å². The predicted molar refractivity (Wildman–Crippen MR) is 117 cm³/mol. The van der Waals surface area contributed by atoms with Crippen LogP contribution in [0.2, 0.25) is 5.02 Å². The van der Waals surface area contributed by atoms with Crippen molar-refractivity contribution in [3.05, 3.63) is 88.4 Å². The zero-order valence-corrected chi connectivity index (χ0v) is 17.9. The Hall–Kier alpha value is -2.83. The summed E-state index contributed by atoms with van der Waals surface area (Å²) in [5.41, 5.74) is 3.23. The Labute approximate surface area is 176 Å². The molecule has 0 saturated heterocycles. The van der Waals surface area contributed by atoms with Gasteiger partial charge < -0.3 is 5.32 Å². The first-order valence-corrected chi connectivity index (χ1v) is 10.7. The minimum absolute atomic E-state index is 0.165. The van der Waals surface area contributed by atoms with Crippen molar-refractivity contribution < 1.29 is 13.2 Å². The number of nitrogens with one attached hydrogen (secondary N) is 1. The van der Waals surface area contributed by atoms with Gasteiger partial charge in [-0.3, -0.25) is 9.10 Å². The number of benzene rings is 3. The van der Waals surface area contributed by atoms with Gasteiger partial charge in [0.15, 0.2) is 0 Å². The molecule has 0 radical (unpaired) electrons. The molecule has 7 heteroatoms. The van der Waals surface area contributed by atoms with E-state index in [1.54, 1.807) is 24.3 Å². The highest BCUT2D eigenvalue weighted by molar-refractivity contribution is 7.92. The summed E-state index contributed by atoms with van der Waals surface area (Å²) in [5.74, 6) is -0.410. The van der Waals surface area contributed by atoms with E-state index in [9.17, 15) is 13.2 Å². The molecule has 3 aromatic rings. The number of aryl methyl sites for hydroxylation is 2. The number of carbonyl (C=O) groups is 1. The fourth-order valence-electron chi connectivity index (χ4n) is 3.02. The highest BCUT2D eigenvalue weighted by atomic mass is 35.5. The monoisotopic (exact) mass is 428 g/mol. The van der Waals surface area contributed by atoms with Gasteiger partial charge in [-0.25, -0.2) is 8.42 Å². The van der Waals surface area contributed by atoms with Crippen molar-refractivity contribution in [1.29, 1.82) is 0 Å². The third kappa shape index (κ3) is 4.60. The summed E-state index contributed by atoms with van der Waals surface area (Å²) in [6.45, 7) is 3.89. The normalized spacial score (nSPS) is 11.2. The first-order valence-electron chi connectivity index (χ1n) is 8.91. The number of sulfonamides is 1. The molecular formula is C22H21ClN2O3S. The van der Waals surface area contributed by atoms with E-state index in [0.717, 1.165) is 15.4 Å². The molecule has 0 atom stereocenters. The Morgan fingerprint density at radius 2 is 1.55 bits per heavy atom. The van der Waals surface area contributed by atoms with Crippen molar-refractivity contribution in [1.82, 2.24) is 0 Å². The lowest BCUT2D eigenvalue weighted by atomic mass is 10.1. The van der Waals surface area contributed by atoms with Crippen LogP contribution in [0, 0.1) is 13.8 Å². The molecule has 3 rings (SSSR count). The number of carbonyl (C=O) groups excluding carboxylic acids is 1. The Balaban J connectivity index is 1.92. The Bertz CT molecular complexity index is 1140. The van der Waals surface area contributed by atoms with E-state index < -0.39 is 15.9 Å². The molecule has 1 amide bonds. The highest BCUT2D eigenvalue weighted by Gasteiger charge is 2.22. The summed E-state index contributed by atoms with van der Waals surface area (Å²) < 4.78 is 26.8. The maximum atomic E-state index is 12.9. The maximum absolute atomic E-state index is 12.9. The van der Waals surface area contributed by atoms with Crippen LogP contribution < -0.4 is 9.62 Å². The van der Waals surface area contributed by atoms with Crippen LogP contribution >= 0.6 is 11.6 Å². The standard InChI is InChI=1S/C22H21ClN2O3S/c1-15-11-16(2)13-17(12-15)24-22(26)20-14-18(9-10-21(20)23)25(3)29(27,28)19-7-5-4-6-8-19/h4-14H,1-3H3,(H,24,26). The second-order valence-electron chi connectivity index (χ2n) is 6.78. The highest BCUT2D eigenvalue weighted by Crippen LogP contribution is 2.27. The van der Waals surface area contributed by atoms with Gasteiger partial charge in [-0.15, -0.1) is 0 Å². The van der Waals surface area contributed by atoms with Gasteiger partial charge >= 0.3 is 0 Å². The molecule has 0 aliphatic heterocycles. The fourth-order valence-corrected chi connectivity index (χ4v) is 4.43. The van der Waals surface area contributed by atoms with Gasteiger partial charge in [0.05, 0.1) is 21.2 Å². The molecular weight excluding hydrogens is 408 g/mol. The molecule has 0 unspecified atom stereocenters. The van der Waals surface area contributed by atoms with E-state index in [-0.39, 0.29) is 15.5 Å². The van der Waals surface area contributed by atoms with Gasteiger partial charge in [-0.1, -0.05) is 35.9 Å². The summed E-state index contributed by atoms with van der Waals surface area (Å²) in [4.78, 5) is 13.0. The Morgan fingerprint density at radius 3 is 2.17 bits per heavy atom. The van der Waals surface area contributed by atoms with E-state index in [4.69, 9.17) is 11.6 Å². The summed E-state index contributed by atoms with van der Waals surface area (Å²) >= 11 is 6.23. The lowest BCUT2D eigenvalue weighted by molar-refractivity contribution is 0.102. The number of hydrogen-bond acceptors (Lipinski definition) is 3. The topological polar surface area (TPSA) is 66.5 Å². The molecule has 0 aliphatic carbocycles. The molecule has 29 heavy (non-hydrogen) atoms. The number of amides is 1. The van der Waals surface area contributed by atoms with Crippen molar-refractivity contribution in [3.63, 3.8) is 0 Å². The minimum Gasteiger partial charge on any atom is -0.322 e. The van der Waals surface area contributed by atoms with E-state index in [1.807, 2.05) is 32.0 Å². The Kier molecular flexibility index (Phi) is 5.96. The zero-order valence-electron chi connectivity index (χ0n) is 16.3. The van der Waals surface area contributed by atoms with Crippen LogP contribution in [-0.2, 0) is 10.0 Å². The zero-order chi connectivity index (χ0) is 21.2. The SMILES string of the molecule is Cc1cc(C)cc(NC(=O)c2cc(N(C)S(=O)(=O)c3ccccc3)ccc2Cl)c1. The van der Waals surface area contributed by atoms with Gasteiger partial charge in [0.25, 0.3) is 15.9 Å². The molecule has 1 N–H and O–H groups in total. The van der Waals surface area contributed by atoms with E-state index >= 15 is 0 Å². The maximum Gasteiger partial charge on any atom is 0.264 e. The molecule has 150 valence electrons. The molecule has 0 heterocycles. The summed E-state index contributed by atoms with van der Waals surface area (Å²) in [6, 6.07) is 18.4. The average molecular weight is 429 g/mol. The summed E-state index contributed by atoms with van der Waals surface area (Å²) in [7, 11) is -2.32. The van der Waals surface area contributed by atoms with Crippen LogP contribution in [0.15, 0.2) is 71.6 Å². The van der Waals surface area contributed by atoms with Crippen LogP contribution in [0.4, 0.5) is 11.4 Å². The molecule has 0 aromatic heterocycles. The summed E-state index contributed by atoms with van der Waals surface area (Å²) in [6.07, 6.45) is 0. The largest absolute Gasteiger partial charge is 0.322 e. The Morgan fingerprint density at radius 1 is 0.931 bits per heavy atom. The third-order valence-corrected chi connectivity index (χ3v) is 6.57. The molecule has 5 nitrogen and oxygen atoms in total. The number of halogens is 1. The number of rotatable bonds is 5. The van der Waals surface area contributed by atoms with Crippen LogP contribution in [0.25, 0.3) is 0 Å². The molecule has 0 fully saturated rings. The second-order valence-corrected chi connectivity index (χ2v) is 9.16. The molecule has 0 saturated carbocycles. The van der Waals surface area contributed by atoms with E-state index in [2.05, 4.69) is 5.32 Å². The summed E-state index contributed by atoms with van der Waals surface area (Å²) in [5, 5.41) is 3.06. The number of hydrogen-bond donors (Lipinski definition) is 1. The van der Waals surface area contributed by atoms with Crippen LogP contribution in [-0.4, -0.2) is 21.4 Å². The van der Waals surface area contributed by atoms with E-state index in [1.165, 1.54) is 31.3 Å². The van der Waals surface area contributed by atoms with Crippen LogP contribution in [0.5, 0.6) is 0 Å². The van der Waals surface area contributed by atoms with Crippen molar-refractivity contribution in [2.75, 3.05) is 16.7 Å². The average Bonchev–Trinajstić information content (AvgIpc) is 2.67. The third-order valence-electron chi connectivity index (χ3n) is 4.44. The van der Waals surface area contributed by atoms with Gasteiger partial charge in [0.2, 0.25) is 0 Å². The van der Waals surface area contributed by atoms with Gasteiger partial charge in [-0.2, -0.15) is 0 Å².